The highest BCUT2D eigenvalue weighted by atomic mass is 79.9. The molecular weight excluding hydrogens is 232 g/mol. The maximum Gasteiger partial charge on any atom is 0.170 e. The number of halogens is 1. The van der Waals surface area contributed by atoms with Crippen LogP contribution in [0.2, 0.25) is 0 Å². The summed E-state index contributed by atoms with van der Waals surface area (Å²) in [5.41, 5.74) is 0. The third kappa shape index (κ3) is 1.78. The molecule has 1 heterocycles. The van der Waals surface area contributed by atoms with E-state index in [0.717, 1.165) is 0 Å². The third-order valence-electron chi connectivity index (χ3n) is 1.82. The quantitative estimate of drug-likeness (QED) is 0.407. The molecule has 12 heavy (non-hydrogen) atoms. The average molecular weight is 243 g/mol. The zero-order valence-corrected chi connectivity index (χ0v) is 7.75. The molecule has 72 valence electrons. The minimum absolute atomic E-state index is 0.436. The van der Waals surface area contributed by atoms with Gasteiger partial charge in [0.05, 0.1) is 17.5 Å². The first-order chi connectivity index (χ1) is 5.57. The molecule has 1 aliphatic rings. The van der Waals surface area contributed by atoms with Crippen LogP contribution in [0, 0.1) is 0 Å². The zero-order chi connectivity index (χ0) is 9.30. The summed E-state index contributed by atoms with van der Waals surface area (Å²) in [6.07, 6.45) is -4.45. The Labute approximate surface area is 77.7 Å². The maximum atomic E-state index is 9.27. The van der Waals surface area contributed by atoms with E-state index in [1.165, 1.54) is 0 Å². The topological polar surface area (TPSA) is 90.2 Å². The molecule has 0 aliphatic carbocycles. The van der Waals surface area contributed by atoms with E-state index < -0.39 is 36.0 Å². The number of rotatable bonds is 1. The Morgan fingerprint density at radius 2 is 1.75 bits per heavy atom. The van der Waals surface area contributed by atoms with Crippen molar-refractivity contribution in [2.45, 2.75) is 29.4 Å². The molecule has 0 aromatic rings. The molecule has 6 heteroatoms. The second-order valence-electron chi connectivity index (χ2n) is 2.67. The van der Waals surface area contributed by atoms with E-state index in [1.807, 2.05) is 0 Å². The van der Waals surface area contributed by atoms with Crippen LogP contribution in [0.4, 0.5) is 0 Å². The predicted molar refractivity (Wildman–Crippen MR) is 42.7 cm³/mol. The predicted octanol–water partition coefficient (Wildman–Crippen LogP) is -1.82. The van der Waals surface area contributed by atoms with Crippen molar-refractivity contribution in [1.29, 1.82) is 0 Å². The van der Waals surface area contributed by atoms with Crippen LogP contribution in [-0.4, -0.2) is 56.5 Å². The van der Waals surface area contributed by atoms with Crippen LogP contribution in [0.3, 0.4) is 0 Å². The van der Waals surface area contributed by atoms with Crippen LogP contribution in [0.15, 0.2) is 0 Å². The van der Waals surface area contributed by atoms with Gasteiger partial charge in [-0.3, -0.25) is 0 Å². The Bertz CT molecular complexity index is 150. The highest BCUT2D eigenvalue weighted by molar-refractivity contribution is 9.09. The summed E-state index contributed by atoms with van der Waals surface area (Å²) in [6.45, 7) is -0.436. The van der Waals surface area contributed by atoms with Gasteiger partial charge in [-0.25, -0.2) is 0 Å². The van der Waals surface area contributed by atoms with Gasteiger partial charge in [-0.05, 0) is 0 Å². The standard InChI is InChI=1S/C6H11BrO5/c7-3-5(10)4(9)2(1-8)12-6(3)11/h2-6,8-11H,1H2/t2-,3+,4-,5-,6?/m1/s1. The first-order valence-corrected chi connectivity index (χ1v) is 4.44. The summed E-state index contributed by atoms with van der Waals surface area (Å²) in [5.74, 6) is 0. The Balaban J connectivity index is 2.63. The normalized spacial score (nSPS) is 49.2. The molecule has 0 amide bonds. The van der Waals surface area contributed by atoms with Crippen molar-refractivity contribution in [3.63, 3.8) is 0 Å². The van der Waals surface area contributed by atoms with E-state index in [0.29, 0.717) is 0 Å². The molecule has 0 bridgehead atoms. The SMILES string of the molecule is OC[C@H]1OC(O)[C@@H](Br)[C@@H](O)[C@@H]1O. The molecule has 1 saturated heterocycles. The second-order valence-corrected chi connectivity index (χ2v) is 3.73. The highest BCUT2D eigenvalue weighted by Gasteiger charge is 2.42. The van der Waals surface area contributed by atoms with E-state index >= 15 is 0 Å². The smallest absolute Gasteiger partial charge is 0.170 e. The van der Waals surface area contributed by atoms with E-state index in [4.69, 9.17) is 14.9 Å². The lowest BCUT2D eigenvalue weighted by Crippen LogP contribution is -2.56. The number of ether oxygens (including phenoxy) is 1. The molecule has 1 rings (SSSR count). The fourth-order valence-corrected chi connectivity index (χ4v) is 1.50. The summed E-state index contributed by atoms with van der Waals surface area (Å²) in [6, 6.07) is 0. The molecular formula is C6H11BrO5. The van der Waals surface area contributed by atoms with Crippen molar-refractivity contribution in [1.82, 2.24) is 0 Å². The van der Waals surface area contributed by atoms with Crippen LogP contribution >= 0.6 is 15.9 Å². The Hall–Kier alpha value is 0.280. The molecule has 0 saturated carbocycles. The van der Waals surface area contributed by atoms with E-state index in [2.05, 4.69) is 15.9 Å². The van der Waals surface area contributed by atoms with Crippen molar-refractivity contribution < 1.29 is 25.2 Å². The molecule has 5 nitrogen and oxygen atoms in total. The van der Waals surface area contributed by atoms with Crippen LogP contribution in [0.25, 0.3) is 0 Å². The molecule has 1 unspecified atom stereocenters. The summed E-state index contributed by atoms with van der Waals surface area (Å²) >= 11 is 2.95. The molecule has 1 fully saturated rings. The van der Waals surface area contributed by atoms with Gasteiger partial charge in [-0.15, -0.1) is 0 Å². The van der Waals surface area contributed by atoms with Gasteiger partial charge in [-0.2, -0.15) is 0 Å². The van der Waals surface area contributed by atoms with Crippen LogP contribution in [0.5, 0.6) is 0 Å². The molecule has 4 N–H and O–H groups in total. The largest absolute Gasteiger partial charge is 0.394 e. The minimum atomic E-state index is -1.21. The first-order valence-electron chi connectivity index (χ1n) is 3.52. The Morgan fingerprint density at radius 3 is 2.25 bits per heavy atom. The summed E-state index contributed by atoms with van der Waals surface area (Å²) in [5, 5.41) is 36.3. The van der Waals surface area contributed by atoms with Gasteiger partial charge in [0.15, 0.2) is 6.29 Å². The van der Waals surface area contributed by atoms with Gasteiger partial charge in [0, 0.05) is 0 Å². The Morgan fingerprint density at radius 1 is 1.17 bits per heavy atom. The molecule has 0 spiro atoms. The number of aliphatic hydroxyl groups is 4. The molecule has 1 aliphatic heterocycles. The first kappa shape index (κ1) is 10.4. The van der Waals surface area contributed by atoms with Crippen molar-refractivity contribution in [2.24, 2.45) is 0 Å². The van der Waals surface area contributed by atoms with Gasteiger partial charge in [0.25, 0.3) is 0 Å². The number of hydrogen-bond donors (Lipinski definition) is 4. The maximum absolute atomic E-state index is 9.27. The minimum Gasteiger partial charge on any atom is -0.394 e. The lowest BCUT2D eigenvalue weighted by atomic mass is 10.0. The fourth-order valence-electron chi connectivity index (χ4n) is 1.06. The molecule has 5 atom stereocenters. The number of hydrogen-bond acceptors (Lipinski definition) is 5. The highest BCUT2D eigenvalue weighted by Crippen LogP contribution is 2.24. The average Bonchev–Trinajstić information content (AvgIpc) is 2.08. The van der Waals surface area contributed by atoms with Gasteiger partial charge in [0.2, 0.25) is 0 Å². The van der Waals surface area contributed by atoms with E-state index in [-0.39, 0.29) is 0 Å². The van der Waals surface area contributed by atoms with Gasteiger partial charge in [0.1, 0.15) is 12.2 Å². The van der Waals surface area contributed by atoms with E-state index in [1.54, 1.807) is 0 Å². The van der Waals surface area contributed by atoms with Crippen molar-refractivity contribution >= 4 is 15.9 Å². The third-order valence-corrected chi connectivity index (χ3v) is 2.82. The Kier molecular flexibility index (Phi) is 3.45. The fraction of sp³-hybridized carbons (Fsp3) is 1.00. The van der Waals surface area contributed by atoms with Crippen molar-refractivity contribution in [3.05, 3.63) is 0 Å². The number of aliphatic hydroxyl groups excluding tert-OH is 4. The lowest BCUT2D eigenvalue weighted by molar-refractivity contribution is -0.233. The van der Waals surface area contributed by atoms with Crippen LogP contribution < -0.4 is 0 Å². The van der Waals surface area contributed by atoms with E-state index in [9.17, 15) is 10.2 Å². The summed E-state index contributed by atoms with van der Waals surface area (Å²) in [4.78, 5) is -0.727. The van der Waals surface area contributed by atoms with Crippen molar-refractivity contribution in [2.75, 3.05) is 6.61 Å². The zero-order valence-electron chi connectivity index (χ0n) is 6.17. The molecule has 0 radical (unpaired) electrons. The van der Waals surface area contributed by atoms with Crippen LogP contribution in [0.1, 0.15) is 0 Å². The summed E-state index contributed by atoms with van der Waals surface area (Å²) in [7, 11) is 0. The molecule has 0 aromatic carbocycles. The summed E-state index contributed by atoms with van der Waals surface area (Å²) < 4.78 is 4.78. The number of alkyl halides is 1. The second kappa shape index (κ2) is 3.99. The monoisotopic (exact) mass is 242 g/mol. The van der Waals surface area contributed by atoms with Crippen molar-refractivity contribution in [3.8, 4) is 0 Å². The van der Waals surface area contributed by atoms with Crippen LogP contribution in [-0.2, 0) is 4.74 Å². The molecule has 0 aromatic heterocycles. The van der Waals surface area contributed by atoms with Gasteiger partial charge >= 0.3 is 0 Å². The van der Waals surface area contributed by atoms with Gasteiger partial charge in [-0.1, -0.05) is 15.9 Å². The van der Waals surface area contributed by atoms with Gasteiger partial charge < -0.3 is 25.2 Å². The lowest BCUT2D eigenvalue weighted by Gasteiger charge is -2.37.